The molecule has 1 aliphatic heterocycles. The standard InChI is InChI=1S/C16H24NO6P/c1-4-22-24(20,23-5-2)16(3)11-14(18)17(15(16)19)21-12-13-9-7-6-8-10-13/h6-10,14,18H,4-5,11-12H2,1-3H3. The number of hydrogen-bond donors (Lipinski definition) is 1. The van der Waals surface area contributed by atoms with Gasteiger partial charge in [-0.2, -0.15) is 5.06 Å². The fourth-order valence-electron chi connectivity index (χ4n) is 2.65. The van der Waals surface area contributed by atoms with Gasteiger partial charge in [-0.3, -0.25) is 14.2 Å². The van der Waals surface area contributed by atoms with Gasteiger partial charge in [0.05, 0.1) is 13.2 Å². The Hall–Kier alpha value is -1.24. The zero-order chi connectivity index (χ0) is 17.8. The van der Waals surface area contributed by atoms with E-state index in [1.54, 1.807) is 13.8 Å². The van der Waals surface area contributed by atoms with E-state index >= 15 is 0 Å². The van der Waals surface area contributed by atoms with E-state index in [-0.39, 0.29) is 26.2 Å². The minimum atomic E-state index is -3.74. The zero-order valence-electron chi connectivity index (χ0n) is 14.2. The first kappa shape index (κ1) is 19.1. The van der Waals surface area contributed by atoms with Gasteiger partial charge in [0.15, 0.2) is 11.4 Å². The quantitative estimate of drug-likeness (QED) is 0.720. The molecule has 134 valence electrons. The van der Waals surface area contributed by atoms with Crippen LogP contribution in [0.3, 0.4) is 0 Å². The number of aliphatic hydroxyl groups excluding tert-OH is 1. The summed E-state index contributed by atoms with van der Waals surface area (Å²) in [4.78, 5) is 18.2. The van der Waals surface area contributed by atoms with Crippen molar-refractivity contribution in [2.45, 2.75) is 45.2 Å². The second-order valence-electron chi connectivity index (χ2n) is 5.68. The van der Waals surface area contributed by atoms with Crippen LogP contribution in [0.25, 0.3) is 0 Å². The van der Waals surface area contributed by atoms with Crippen LogP contribution in [0.15, 0.2) is 30.3 Å². The Labute approximate surface area is 142 Å². The van der Waals surface area contributed by atoms with Gasteiger partial charge in [0.2, 0.25) is 0 Å². The van der Waals surface area contributed by atoms with Gasteiger partial charge in [-0.1, -0.05) is 30.3 Å². The van der Waals surface area contributed by atoms with Gasteiger partial charge < -0.3 is 14.2 Å². The number of amides is 1. The molecule has 0 aliphatic carbocycles. The first-order valence-electron chi connectivity index (χ1n) is 7.95. The molecule has 7 nitrogen and oxygen atoms in total. The maximum Gasteiger partial charge on any atom is 0.346 e. The average molecular weight is 357 g/mol. The van der Waals surface area contributed by atoms with Crippen LogP contribution in [0.2, 0.25) is 0 Å². The molecule has 0 spiro atoms. The molecular weight excluding hydrogens is 333 g/mol. The third kappa shape index (κ3) is 3.55. The van der Waals surface area contributed by atoms with E-state index in [0.717, 1.165) is 10.6 Å². The first-order valence-corrected chi connectivity index (χ1v) is 9.50. The van der Waals surface area contributed by atoms with Crippen LogP contribution in [0.5, 0.6) is 0 Å². The van der Waals surface area contributed by atoms with Crippen molar-refractivity contribution in [2.24, 2.45) is 0 Å². The molecule has 0 aromatic heterocycles. The summed E-state index contributed by atoms with van der Waals surface area (Å²) in [6.07, 6.45) is -1.29. The molecule has 1 N–H and O–H groups in total. The van der Waals surface area contributed by atoms with E-state index in [0.29, 0.717) is 0 Å². The summed E-state index contributed by atoms with van der Waals surface area (Å²) >= 11 is 0. The molecule has 0 saturated carbocycles. The lowest BCUT2D eigenvalue weighted by Crippen LogP contribution is -2.39. The largest absolute Gasteiger partial charge is 0.371 e. The molecule has 1 fully saturated rings. The van der Waals surface area contributed by atoms with Gasteiger partial charge in [0, 0.05) is 6.42 Å². The van der Waals surface area contributed by atoms with Gasteiger partial charge in [-0.25, -0.2) is 0 Å². The van der Waals surface area contributed by atoms with Gasteiger partial charge in [0.1, 0.15) is 6.61 Å². The lowest BCUT2D eigenvalue weighted by Gasteiger charge is -2.30. The smallest absolute Gasteiger partial charge is 0.346 e. The van der Waals surface area contributed by atoms with Crippen LogP contribution in [0, 0.1) is 0 Å². The number of benzene rings is 1. The number of aliphatic hydroxyl groups is 1. The van der Waals surface area contributed by atoms with Crippen LogP contribution in [0.1, 0.15) is 32.8 Å². The summed E-state index contributed by atoms with van der Waals surface area (Å²) in [6, 6.07) is 9.26. The second kappa shape index (κ2) is 7.76. The molecule has 1 aromatic rings. The van der Waals surface area contributed by atoms with Crippen molar-refractivity contribution in [3.63, 3.8) is 0 Å². The van der Waals surface area contributed by atoms with Gasteiger partial charge in [-0.05, 0) is 26.3 Å². The Morgan fingerprint density at radius 2 is 1.83 bits per heavy atom. The summed E-state index contributed by atoms with van der Waals surface area (Å²) in [5.74, 6) is -0.601. The minimum absolute atomic E-state index is 0.0854. The van der Waals surface area contributed by atoms with Crippen LogP contribution in [-0.2, 0) is 29.9 Å². The molecule has 1 aliphatic rings. The number of nitrogens with zero attached hydrogens (tertiary/aromatic N) is 1. The lowest BCUT2D eigenvalue weighted by atomic mass is 10.1. The highest BCUT2D eigenvalue weighted by atomic mass is 31.2. The highest BCUT2D eigenvalue weighted by Gasteiger charge is 2.61. The summed E-state index contributed by atoms with van der Waals surface area (Å²) < 4.78 is 23.7. The SMILES string of the molecule is CCOP(=O)(OCC)C1(C)CC(O)N(OCc2ccccc2)C1=O. The fraction of sp³-hybridized carbons (Fsp3) is 0.562. The predicted molar refractivity (Wildman–Crippen MR) is 88.0 cm³/mol. The van der Waals surface area contributed by atoms with Gasteiger partial charge in [0.25, 0.3) is 5.91 Å². The molecule has 1 amide bonds. The van der Waals surface area contributed by atoms with Crippen molar-refractivity contribution < 1.29 is 28.4 Å². The molecule has 1 aromatic carbocycles. The molecule has 2 atom stereocenters. The zero-order valence-corrected chi connectivity index (χ0v) is 15.1. The molecule has 2 rings (SSSR count). The molecule has 8 heteroatoms. The summed E-state index contributed by atoms with van der Waals surface area (Å²) in [5, 5.41) is 9.62. The molecule has 0 radical (unpaired) electrons. The molecular formula is C16H24NO6P. The van der Waals surface area contributed by atoms with E-state index < -0.39 is 24.9 Å². The highest BCUT2D eigenvalue weighted by molar-refractivity contribution is 7.56. The second-order valence-corrected chi connectivity index (χ2v) is 8.18. The Kier molecular flexibility index (Phi) is 6.17. The predicted octanol–water partition coefficient (Wildman–Crippen LogP) is 2.69. The third-order valence-electron chi connectivity index (χ3n) is 3.93. The van der Waals surface area contributed by atoms with Crippen molar-refractivity contribution in [2.75, 3.05) is 13.2 Å². The summed E-state index contributed by atoms with van der Waals surface area (Å²) in [5.41, 5.74) is 0.851. The average Bonchev–Trinajstić information content (AvgIpc) is 2.78. The molecule has 1 heterocycles. The lowest BCUT2D eigenvalue weighted by molar-refractivity contribution is -0.225. The van der Waals surface area contributed by atoms with Crippen LogP contribution in [0.4, 0.5) is 0 Å². The molecule has 0 bridgehead atoms. The van der Waals surface area contributed by atoms with Gasteiger partial charge >= 0.3 is 7.60 Å². The molecule has 24 heavy (non-hydrogen) atoms. The van der Waals surface area contributed by atoms with Crippen molar-refractivity contribution in [3.8, 4) is 0 Å². The minimum Gasteiger partial charge on any atom is -0.371 e. The van der Waals surface area contributed by atoms with E-state index in [4.69, 9.17) is 13.9 Å². The monoisotopic (exact) mass is 357 g/mol. The van der Waals surface area contributed by atoms with E-state index in [9.17, 15) is 14.5 Å². The van der Waals surface area contributed by atoms with Crippen molar-refractivity contribution in [1.29, 1.82) is 0 Å². The van der Waals surface area contributed by atoms with Crippen LogP contribution >= 0.6 is 7.60 Å². The summed E-state index contributed by atoms with van der Waals surface area (Å²) in [6.45, 7) is 5.23. The number of hydrogen-bond acceptors (Lipinski definition) is 6. The van der Waals surface area contributed by atoms with Crippen molar-refractivity contribution >= 4 is 13.5 Å². The number of hydroxylamine groups is 2. The number of carbonyl (C=O) groups excluding carboxylic acids is 1. The normalized spacial score (nSPS) is 24.6. The van der Waals surface area contributed by atoms with Crippen molar-refractivity contribution in [1.82, 2.24) is 5.06 Å². The van der Waals surface area contributed by atoms with E-state index in [1.807, 2.05) is 30.3 Å². The van der Waals surface area contributed by atoms with Gasteiger partial charge in [-0.15, -0.1) is 0 Å². The topological polar surface area (TPSA) is 85.3 Å². The maximum atomic E-state index is 13.1. The third-order valence-corrected chi connectivity index (χ3v) is 6.71. The van der Waals surface area contributed by atoms with E-state index in [2.05, 4.69) is 0 Å². The maximum absolute atomic E-state index is 13.1. The molecule has 2 unspecified atom stereocenters. The van der Waals surface area contributed by atoms with Crippen LogP contribution in [-0.4, -0.2) is 40.7 Å². The number of rotatable bonds is 8. The summed E-state index contributed by atoms with van der Waals surface area (Å²) in [7, 11) is -3.74. The Balaban J connectivity index is 2.17. The van der Waals surface area contributed by atoms with Crippen LogP contribution < -0.4 is 0 Å². The first-order chi connectivity index (χ1) is 11.4. The molecule has 1 saturated heterocycles. The Bertz CT molecular complexity index is 600. The Morgan fingerprint density at radius 3 is 2.38 bits per heavy atom. The number of carbonyl (C=O) groups is 1. The highest BCUT2D eigenvalue weighted by Crippen LogP contribution is 2.64. The van der Waals surface area contributed by atoms with Crippen molar-refractivity contribution in [3.05, 3.63) is 35.9 Å². The fourth-order valence-corrected chi connectivity index (χ4v) is 4.70. The Morgan fingerprint density at radius 1 is 1.25 bits per heavy atom. The van der Waals surface area contributed by atoms with E-state index in [1.165, 1.54) is 6.92 Å².